The summed E-state index contributed by atoms with van der Waals surface area (Å²) in [5.41, 5.74) is -0.630. The monoisotopic (exact) mass is 244 g/mol. The van der Waals surface area contributed by atoms with Crippen LogP contribution in [0.3, 0.4) is 0 Å². The smallest absolute Gasteiger partial charge is 0.0993 e. The highest BCUT2D eigenvalue weighted by atomic mass is 35.5. The van der Waals surface area contributed by atoms with Gasteiger partial charge in [0.05, 0.1) is 9.94 Å². The highest BCUT2D eigenvalue weighted by molar-refractivity contribution is 7.16. The van der Waals surface area contributed by atoms with E-state index in [0.717, 1.165) is 22.1 Å². The van der Waals surface area contributed by atoms with E-state index in [1.807, 2.05) is 12.1 Å². The quantitative estimate of drug-likeness (QED) is 0.791. The molecule has 0 radical (unpaired) electrons. The van der Waals surface area contributed by atoms with Gasteiger partial charge in [-0.2, -0.15) is 0 Å². The van der Waals surface area contributed by atoms with Gasteiger partial charge in [-0.05, 0) is 43.2 Å². The molecule has 1 aromatic heterocycles. The standard InChI is InChI=1S/C12H17ClOS/c1-8-5-9(2)7-12(14,6-8)10-3-4-11(13)15-10/h3-4,8-9,14H,5-7H2,1-2H3. The van der Waals surface area contributed by atoms with Crippen LogP contribution in [-0.4, -0.2) is 5.11 Å². The van der Waals surface area contributed by atoms with Crippen molar-refractivity contribution in [1.82, 2.24) is 0 Å². The Morgan fingerprint density at radius 3 is 2.40 bits per heavy atom. The van der Waals surface area contributed by atoms with Crippen molar-refractivity contribution in [2.24, 2.45) is 11.8 Å². The molecule has 0 saturated heterocycles. The van der Waals surface area contributed by atoms with Crippen LogP contribution in [0.25, 0.3) is 0 Å². The highest BCUT2D eigenvalue weighted by Gasteiger charge is 2.38. The minimum atomic E-state index is -0.630. The second-order valence-corrected chi connectivity index (χ2v) is 6.70. The molecule has 2 unspecified atom stereocenters. The molecule has 1 N–H and O–H groups in total. The summed E-state index contributed by atoms with van der Waals surface area (Å²) in [7, 11) is 0. The topological polar surface area (TPSA) is 20.2 Å². The first-order chi connectivity index (χ1) is 6.99. The van der Waals surface area contributed by atoms with Gasteiger partial charge in [0.2, 0.25) is 0 Å². The molecule has 3 heteroatoms. The van der Waals surface area contributed by atoms with E-state index in [1.54, 1.807) is 0 Å². The third-order valence-corrected chi connectivity index (χ3v) is 4.63. The second kappa shape index (κ2) is 4.08. The minimum absolute atomic E-state index is 0.597. The fourth-order valence-corrected chi connectivity index (χ4v) is 4.01. The van der Waals surface area contributed by atoms with Gasteiger partial charge in [-0.15, -0.1) is 11.3 Å². The van der Waals surface area contributed by atoms with E-state index in [1.165, 1.54) is 17.8 Å². The maximum absolute atomic E-state index is 10.6. The Labute approximate surface area is 100 Å². The largest absolute Gasteiger partial charge is 0.384 e. The van der Waals surface area contributed by atoms with E-state index in [9.17, 15) is 5.11 Å². The summed E-state index contributed by atoms with van der Waals surface area (Å²) in [6.45, 7) is 4.44. The average Bonchev–Trinajstić information content (AvgIpc) is 2.49. The Hall–Kier alpha value is -0.0500. The molecule has 84 valence electrons. The summed E-state index contributed by atoms with van der Waals surface area (Å²) in [6, 6.07) is 3.85. The first-order valence-electron chi connectivity index (χ1n) is 5.48. The Morgan fingerprint density at radius 1 is 1.33 bits per heavy atom. The molecule has 1 aliphatic rings. The number of halogens is 1. The molecule has 2 rings (SSSR count). The molecule has 1 saturated carbocycles. The molecule has 1 fully saturated rings. The van der Waals surface area contributed by atoms with E-state index in [0.29, 0.717) is 11.8 Å². The van der Waals surface area contributed by atoms with Crippen LogP contribution in [0, 0.1) is 11.8 Å². The van der Waals surface area contributed by atoms with Crippen LogP contribution in [0.15, 0.2) is 12.1 Å². The van der Waals surface area contributed by atoms with Gasteiger partial charge >= 0.3 is 0 Å². The van der Waals surface area contributed by atoms with Crippen molar-refractivity contribution in [3.8, 4) is 0 Å². The molecule has 1 nitrogen and oxygen atoms in total. The van der Waals surface area contributed by atoms with Gasteiger partial charge < -0.3 is 5.11 Å². The molecule has 1 heterocycles. The van der Waals surface area contributed by atoms with Gasteiger partial charge in [0.25, 0.3) is 0 Å². The van der Waals surface area contributed by atoms with Crippen LogP contribution in [0.2, 0.25) is 4.34 Å². The number of hydrogen-bond donors (Lipinski definition) is 1. The molecule has 2 atom stereocenters. The molecule has 0 aliphatic heterocycles. The van der Waals surface area contributed by atoms with Crippen LogP contribution in [0.1, 0.15) is 38.0 Å². The molecule has 0 aromatic carbocycles. The van der Waals surface area contributed by atoms with Crippen molar-refractivity contribution in [2.45, 2.75) is 38.7 Å². The lowest BCUT2D eigenvalue weighted by atomic mass is 9.73. The van der Waals surface area contributed by atoms with Crippen LogP contribution in [-0.2, 0) is 5.60 Å². The number of aliphatic hydroxyl groups is 1. The van der Waals surface area contributed by atoms with E-state index >= 15 is 0 Å². The summed E-state index contributed by atoms with van der Waals surface area (Å²) in [6.07, 6.45) is 2.96. The molecule has 1 aliphatic carbocycles. The van der Waals surface area contributed by atoms with E-state index < -0.39 is 5.60 Å². The Bertz CT molecular complexity index is 337. The van der Waals surface area contributed by atoms with Gasteiger partial charge in [-0.1, -0.05) is 25.4 Å². The molecule has 0 spiro atoms. The number of thiophene rings is 1. The Balaban J connectivity index is 2.25. The zero-order valence-electron chi connectivity index (χ0n) is 9.16. The van der Waals surface area contributed by atoms with E-state index in [2.05, 4.69) is 13.8 Å². The van der Waals surface area contributed by atoms with Crippen molar-refractivity contribution in [1.29, 1.82) is 0 Å². The molecule has 15 heavy (non-hydrogen) atoms. The van der Waals surface area contributed by atoms with E-state index in [-0.39, 0.29) is 0 Å². The predicted octanol–water partition coefficient (Wildman–Crippen LogP) is 4.05. The van der Waals surface area contributed by atoms with Crippen molar-refractivity contribution in [2.75, 3.05) is 0 Å². The first kappa shape index (κ1) is 11.4. The van der Waals surface area contributed by atoms with Crippen LogP contribution in [0.5, 0.6) is 0 Å². The summed E-state index contributed by atoms with van der Waals surface area (Å²) in [4.78, 5) is 1.03. The third kappa shape index (κ3) is 2.38. The summed E-state index contributed by atoms with van der Waals surface area (Å²) < 4.78 is 0.768. The van der Waals surface area contributed by atoms with Crippen molar-refractivity contribution in [3.05, 3.63) is 21.3 Å². The van der Waals surface area contributed by atoms with Gasteiger partial charge in [0.15, 0.2) is 0 Å². The summed E-state index contributed by atoms with van der Waals surface area (Å²) in [5.74, 6) is 1.19. The summed E-state index contributed by atoms with van der Waals surface area (Å²) in [5, 5.41) is 10.6. The van der Waals surface area contributed by atoms with Gasteiger partial charge in [0.1, 0.15) is 0 Å². The Morgan fingerprint density at radius 2 is 1.93 bits per heavy atom. The molecule has 0 bridgehead atoms. The lowest BCUT2D eigenvalue weighted by Gasteiger charge is -2.38. The average molecular weight is 245 g/mol. The highest BCUT2D eigenvalue weighted by Crippen LogP contribution is 2.45. The number of hydrogen-bond acceptors (Lipinski definition) is 2. The van der Waals surface area contributed by atoms with Gasteiger partial charge in [-0.25, -0.2) is 0 Å². The summed E-state index contributed by atoms with van der Waals surface area (Å²) >= 11 is 7.43. The molecule has 0 amide bonds. The molecule has 1 aromatic rings. The van der Waals surface area contributed by atoms with Gasteiger partial charge in [0, 0.05) is 4.88 Å². The maximum atomic E-state index is 10.6. The third-order valence-electron chi connectivity index (χ3n) is 3.21. The molecular weight excluding hydrogens is 228 g/mol. The SMILES string of the molecule is CC1CC(C)CC(O)(c2ccc(Cl)s2)C1. The second-order valence-electron chi connectivity index (χ2n) is 4.99. The lowest BCUT2D eigenvalue weighted by Crippen LogP contribution is -2.34. The fraction of sp³-hybridized carbons (Fsp3) is 0.667. The van der Waals surface area contributed by atoms with Crippen molar-refractivity contribution >= 4 is 22.9 Å². The van der Waals surface area contributed by atoms with Crippen LogP contribution in [0.4, 0.5) is 0 Å². The lowest BCUT2D eigenvalue weighted by molar-refractivity contribution is -0.0332. The fourth-order valence-electron chi connectivity index (χ4n) is 2.86. The van der Waals surface area contributed by atoms with Crippen LogP contribution >= 0.6 is 22.9 Å². The predicted molar refractivity (Wildman–Crippen MR) is 65.4 cm³/mol. The maximum Gasteiger partial charge on any atom is 0.0993 e. The zero-order valence-corrected chi connectivity index (χ0v) is 10.7. The minimum Gasteiger partial charge on any atom is -0.384 e. The van der Waals surface area contributed by atoms with Gasteiger partial charge in [-0.3, -0.25) is 0 Å². The number of rotatable bonds is 1. The van der Waals surface area contributed by atoms with E-state index in [4.69, 9.17) is 11.6 Å². The Kier molecular flexibility index (Phi) is 3.11. The van der Waals surface area contributed by atoms with Crippen molar-refractivity contribution in [3.63, 3.8) is 0 Å². The van der Waals surface area contributed by atoms with Crippen molar-refractivity contribution < 1.29 is 5.11 Å². The van der Waals surface area contributed by atoms with Crippen LogP contribution < -0.4 is 0 Å². The first-order valence-corrected chi connectivity index (χ1v) is 6.67. The normalized spacial score (nSPS) is 36.8. The molecular formula is C12H17ClOS. The zero-order chi connectivity index (χ0) is 11.1.